The summed E-state index contributed by atoms with van der Waals surface area (Å²) in [6.07, 6.45) is 3.40. The highest BCUT2D eigenvalue weighted by atomic mass is 16.6. The third-order valence-corrected chi connectivity index (χ3v) is 3.39. The minimum absolute atomic E-state index is 0.140. The van der Waals surface area contributed by atoms with E-state index in [-0.39, 0.29) is 10.6 Å². The van der Waals surface area contributed by atoms with Crippen molar-refractivity contribution in [2.45, 2.75) is 25.8 Å². The number of benzene rings is 2. The van der Waals surface area contributed by atoms with Gasteiger partial charge in [0.1, 0.15) is 0 Å². The third-order valence-electron chi connectivity index (χ3n) is 3.39. The Balaban J connectivity index is 1.60. The molecular formula is C17H20N2O2. The number of unbranched alkanes of at least 4 members (excludes halogenated alkanes) is 1. The fourth-order valence-corrected chi connectivity index (χ4v) is 2.19. The molecule has 0 atom stereocenters. The Morgan fingerprint density at radius 1 is 0.905 bits per heavy atom. The topological polar surface area (TPSA) is 55.2 Å². The number of nitro groups is 1. The van der Waals surface area contributed by atoms with Crippen LogP contribution in [0.2, 0.25) is 0 Å². The van der Waals surface area contributed by atoms with Crippen molar-refractivity contribution in [1.82, 2.24) is 5.32 Å². The van der Waals surface area contributed by atoms with Crippen molar-refractivity contribution in [1.29, 1.82) is 0 Å². The van der Waals surface area contributed by atoms with Gasteiger partial charge < -0.3 is 5.32 Å². The molecular weight excluding hydrogens is 264 g/mol. The molecule has 0 aliphatic carbocycles. The van der Waals surface area contributed by atoms with Gasteiger partial charge in [-0.25, -0.2) is 0 Å². The van der Waals surface area contributed by atoms with Gasteiger partial charge in [-0.05, 0) is 36.9 Å². The zero-order chi connectivity index (χ0) is 14.9. The average molecular weight is 284 g/mol. The van der Waals surface area contributed by atoms with Gasteiger partial charge in [-0.3, -0.25) is 10.1 Å². The quantitative estimate of drug-likeness (QED) is 0.457. The van der Waals surface area contributed by atoms with Gasteiger partial charge >= 0.3 is 0 Å². The number of hydrogen-bond donors (Lipinski definition) is 1. The number of aryl methyl sites for hydroxylation is 1. The predicted octanol–water partition coefficient (Wildman–Crippen LogP) is 3.71. The van der Waals surface area contributed by atoms with E-state index < -0.39 is 0 Å². The van der Waals surface area contributed by atoms with Gasteiger partial charge in [0, 0.05) is 18.7 Å². The molecule has 0 bridgehead atoms. The number of nitro benzene ring substituents is 1. The van der Waals surface area contributed by atoms with Gasteiger partial charge in [-0.1, -0.05) is 42.5 Å². The lowest BCUT2D eigenvalue weighted by Gasteiger charge is -2.05. The maximum Gasteiger partial charge on any atom is 0.269 e. The molecule has 0 heterocycles. The number of non-ortho nitro benzene ring substituents is 1. The van der Waals surface area contributed by atoms with Crippen LogP contribution in [0.25, 0.3) is 0 Å². The molecule has 0 aromatic heterocycles. The van der Waals surface area contributed by atoms with E-state index in [9.17, 15) is 10.1 Å². The Labute approximate surface area is 125 Å². The Morgan fingerprint density at radius 3 is 2.29 bits per heavy atom. The van der Waals surface area contributed by atoms with Gasteiger partial charge in [0.15, 0.2) is 0 Å². The minimum atomic E-state index is -0.374. The van der Waals surface area contributed by atoms with E-state index >= 15 is 0 Å². The average Bonchev–Trinajstić information content (AvgIpc) is 2.52. The highest BCUT2D eigenvalue weighted by Crippen LogP contribution is 2.11. The maximum atomic E-state index is 10.6. The van der Waals surface area contributed by atoms with Crippen molar-refractivity contribution in [2.24, 2.45) is 0 Å². The summed E-state index contributed by atoms with van der Waals surface area (Å²) in [6.45, 7) is 1.72. The SMILES string of the molecule is O=[N+]([O-])c1ccc(CNCCCCc2ccccc2)cc1. The first-order valence-corrected chi connectivity index (χ1v) is 7.24. The standard InChI is InChI=1S/C17H20N2O2/c20-19(21)17-11-9-16(10-12-17)14-18-13-5-4-8-15-6-2-1-3-7-15/h1-3,6-7,9-12,18H,4-5,8,13-14H2. The Morgan fingerprint density at radius 2 is 1.62 bits per heavy atom. The molecule has 0 aliphatic rings. The van der Waals surface area contributed by atoms with Crippen molar-refractivity contribution >= 4 is 5.69 Å². The lowest BCUT2D eigenvalue weighted by atomic mass is 10.1. The second-order valence-corrected chi connectivity index (χ2v) is 5.04. The molecule has 0 aliphatic heterocycles. The van der Waals surface area contributed by atoms with Crippen LogP contribution in [0.15, 0.2) is 54.6 Å². The minimum Gasteiger partial charge on any atom is -0.313 e. The Bertz CT molecular complexity index is 553. The molecule has 4 nitrogen and oxygen atoms in total. The van der Waals surface area contributed by atoms with E-state index in [1.807, 2.05) is 6.07 Å². The van der Waals surface area contributed by atoms with Crippen LogP contribution in [0.5, 0.6) is 0 Å². The smallest absolute Gasteiger partial charge is 0.269 e. The molecule has 0 spiro atoms. The van der Waals surface area contributed by atoms with Crippen molar-refractivity contribution in [3.05, 3.63) is 75.8 Å². The van der Waals surface area contributed by atoms with Crippen LogP contribution in [0.3, 0.4) is 0 Å². The van der Waals surface area contributed by atoms with E-state index in [2.05, 4.69) is 29.6 Å². The van der Waals surface area contributed by atoms with Crippen LogP contribution in [0.1, 0.15) is 24.0 Å². The fourth-order valence-electron chi connectivity index (χ4n) is 2.19. The van der Waals surface area contributed by atoms with Crippen molar-refractivity contribution < 1.29 is 4.92 Å². The second-order valence-electron chi connectivity index (χ2n) is 5.04. The first kappa shape index (κ1) is 15.2. The van der Waals surface area contributed by atoms with E-state index in [0.717, 1.165) is 37.9 Å². The lowest BCUT2D eigenvalue weighted by Crippen LogP contribution is -2.14. The van der Waals surface area contributed by atoms with Gasteiger partial charge in [0.25, 0.3) is 5.69 Å². The molecule has 2 rings (SSSR count). The number of nitrogens with zero attached hydrogens (tertiary/aromatic N) is 1. The monoisotopic (exact) mass is 284 g/mol. The highest BCUT2D eigenvalue weighted by molar-refractivity contribution is 5.32. The van der Waals surface area contributed by atoms with Crippen LogP contribution < -0.4 is 5.32 Å². The van der Waals surface area contributed by atoms with Crippen molar-refractivity contribution in [2.75, 3.05) is 6.54 Å². The summed E-state index contributed by atoms with van der Waals surface area (Å²) in [6, 6.07) is 17.2. The van der Waals surface area contributed by atoms with Crippen LogP contribution in [0.4, 0.5) is 5.69 Å². The molecule has 0 radical (unpaired) electrons. The molecule has 2 aromatic carbocycles. The number of hydrogen-bond acceptors (Lipinski definition) is 3. The largest absolute Gasteiger partial charge is 0.313 e. The molecule has 1 N–H and O–H groups in total. The summed E-state index contributed by atoms with van der Waals surface area (Å²) in [5.74, 6) is 0. The summed E-state index contributed by atoms with van der Waals surface area (Å²) < 4.78 is 0. The third kappa shape index (κ3) is 5.36. The van der Waals surface area contributed by atoms with Crippen LogP contribution in [-0.2, 0) is 13.0 Å². The van der Waals surface area contributed by atoms with Crippen molar-refractivity contribution in [3.8, 4) is 0 Å². The summed E-state index contributed by atoms with van der Waals surface area (Å²) in [7, 11) is 0. The fraction of sp³-hybridized carbons (Fsp3) is 0.294. The molecule has 0 amide bonds. The lowest BCUT2D eigenvalue weighted by molar-refractivity contribution is -0.384. The Hall–Kier alpha value is -2.20. The summed E-state index contributed by atoms with van der Waals surface area (Å²) >= 11 is 0. The first-order valence-electron chi connectivity index (χ1n) is 7.24. The molecule has 0 unspecified atom stereocenters. The summed E-state index contributed by atoms with van der Waals surface area (Å²) in [5, 5.41) is 13.9. The second kappa shape index (κ2) is 8.17. The molecule has 4 heteroatoms. The molecule has 0 saturated carbocycles. The van der Waals surface area contributed by atoms with Crippen LogP contribution >= 0.6 is 0 Å². The first-order chi connectivity index (χ1) is 10.3. The zero-order valence-corrected chi connectivity index (χ0v) is 12.0. The highest BCUT2D eigenvalue weighted by Gasteiger charge is 2.03. The molecule has 110 valence electrons. The van der Waals surface area contributed by atoms with Crippen molar-refractivity contribution in [3.63, 3.8) is 0 Å². The molecule has 21 heavy (non-hydrogen) atoms. The van der Waals surface area contributed by atoms with Gasteiger partial charge in [0.2, 0.25) is 0 Å². The van der Waals surface area contributed by atoms with E-state index in [4.69, 9.17) is 0 Å². The molecule has 2 aromatic rings. The zero-order valence-electron chi connectivity index (χ0n) is 12.0. The molecule has 0 saturated heterocycles. The predicted molar refractivity (Wildman–Crippen MR) is 84.2 cm³/mol. The molecule has 0 fully saturated rings. The van der Waals surface area contributed by atoms with E-state index in [1.54, 1.807) is 24.3 Å². The van der Waals surface area contributed by atoms with E-state index in [1.165, 1.54) is 5.56 Å². The normalized spacial score (nSPS) is 10.5. The van der Waals surface area contributed by atoms with E-state index in [0.29, 0.717) is 0 Å². The van der Waals surface area contributed by atoms with Crippen LogP contribution in [0, 0.1) is 10.1 Å². The number of rotatable bonds is 8. The van der Waals surface area contributed by atoms with Crippen LogP contribution in [-0.4, -0.2) is 11.5 Å². The van der Waals surface area contributed by atoms with Gasteiger partial charge in [0.05, 0.1) is 4.92 Å². The summed E-state index contributed by atoms with van der Waals surface area (Å²) in [5.41, 5.74) is 2.60. The number of nitrogens with one attached hydrogen (secondary N) is 1. The summed E-state index contributed by atoms with van der Waals surface area (Å²) in [4.78, 5) is 10.2. The maximum absolute atomic E-state index is 10.6. The van der Waals surface area contributed by atoms with Gasteiger partial charge in [-0.15, -0.1) is 0 Å². The van der Waals surface area contributed by atoms with Gasteiger partial charge in [-0.2, -0.15) is 0 Å². The Kier molecular flexibility index (Phi) is 5.91.